The maximum atomic E-state index is 12.7. The smallest absolute Gasteiger partial charge is 0.257 e. The maximum Gasteiger partial charge on any atom is 0.257 e. The first-order valence-corrected chi connectivity index (χ1v) is 8.28. The Morgan fingerprint density at radius 1 is 1.27 bits per heavy atom. The van der Waals surface area contributed by atoms with Crippen molar-refractivity contribution >= 4 is 5.91 Å². The van der Waals surface area contributed by atoms with Crippen molar-refractivity contribution in [2.24, 2.45) is 0 Å². The van der Waals surface area contributed by atoms with Gasteiger partial charge in [-0.05, 0) is 58.7 Å². The Balaban J connectivity index is 1.69. The van der Waals surface area contributed by atoms with Crippen LogP contribution in [0.15, 0.2) is 10.5 Å². The summed E-state index contributed by atoms with van der Waals surface area (Å²) in [4.78, 5) is 16.8. The highest BCUT2D eigenvalue weighted by molar-refractivity contribution is 5.95. The normalized spacial score (nSPS) is 26.6. The molecule has 1 aromatic rings. The fourth-order valence-corrected chi connectivity index (χ4v) is 3.79. The second kappa shape index (κ2) is 6.05. The summed E-state index contributed by atoms with van der Waals surface area (Å²) in [6.45, 7) is 7.62. The number of β-amino-alcohol motifs (C(OH)–C–C–N with tert-alkyl or cyclic N) is 1. The third kappa shape index (κ3) is 3.20. The van der Waals surface area contributed by atoms with Gasteiger partial charge < -0.3 is 19.3 Å². The van der Waals surface area contributed by atoms with Crippen molar-refractivity contribution in [3.8, 4) is 0 Å². The van der Waals surface area contributed by atoms with Crippen molar-refractivity contribution in [2.45, 2.75) is 45.1 Å². The molecular formula is C17H26N2O3. The topological polar surface area (TPSA) is 56.9 Å². The van der Waals surface area contributed by atoms with Crippen LogP contribution < -0.4 is 0 Å². The molecule has 2 aliphatic rings. The van der Waals surface area contributed by atoms with Gasteiger partial charge in [-0.2, -0.15) is 0 Å². The standard InChI is InChI=1S/C17H26N2O3/c1-13-10-15(14(2)22-13)16(20)19-9-5-6-17(21,12-19)11-18-7-3-4-8-18/h10,21H,3-9,11-12H2,1-2H3. The van der Waals surface area contributed by atoms with Crippen LogP contribution >= 0.6 is 0 Å². The highest BCUT2D eigenvalue weighted by atomic mass is 16.3. The van der Waals surface area contributed by atoms with Crippen molar-refractivity contribution in [2.75, 3.05) is 32.7 Å². The Labute approximate surface area is 131 Å². The molecule has 122 valence electrons. The third-order valence-corrected chi connectivity index (χ3v) is 4.83. The van der Waals surface area contributed by atoms with E-state index in [-0.39, 0.29) is 5.91 Å². The monoisotopic (exact) mass is 306 g/mol. The average Bonchev–Trinajstić information content (AvgIpc) is 3.07. The molecular weight excluding hydrogens is 280 g/mol. The van der Waals surface area contributed by atoms with Crippen LogP contribution in [0.2, 0.25) is 0 Å². The molecule has 22 heavy (non-hydrogen) atoms. The predicted molar refractivity (Wildman–Crippen MR) is 83.9 cm³/mol. The minimum Gasteiger partial charge on any atom is -0.466 e. The molecule has 2 fully saturated rings. The van der Waals surface area contributed by atoms with Gasteiger partial charge in [0.05, 0.1) is 17.7 Å². The molecule has 2 aliphatic heterocycles. The van der Waals surface area contributed by atoms with E-state index in [0.29, 0.717) is 31.0 Å². The van der Waals surface area contributed by atoms with Gasteiger partial charge in [-0.1, -0.05) is 0 Å². The van der Waals surface area contributed by atoms with E-state index in [1.165, 1.54) is 12.8 Å². The van der Waals surface area contributed by atoms with Crippen LogP contribution in [0, 0.1) is 13.8 Å². The first-order valence-electron chi connectivity index (χ1n) is 8.28. The van der Waals surface area contributed by atoms with Gasteiger partial charge in [-0.25, -0.2) is 0 Å². The van der Waals surface area contributed by atoms with Gasteiger partial charge in [0.1, 0.15) is 11.5 Å². The predicted octanol–water partition coefficient (Wildman–Crippen LogP) is 1.96. The lowest BCUT2D eigenvalue weighted by molar-refractivity contribution is -0.0431. The summed E-state index contributed by atoms with van der Waals surface area (Å²) >= 11 is 0. The van der Waals surface area contributed by atoms with E-state index >= 15 is 0 Å². The van der Waals surface area contributed by atoms with Crippen LogP contribution in [-0.2, 0) is 0 Å². The first-order chi connectivity index (χ1) is 10.5. The molecule has 1 N–H and O–H groups in total. The number of hydrogen-bond donors (Lipinski definition) is 1. The molecule has 5 nitrogen and oxygen atoms in total. The molecule has 0 bridgehead atoms. The van der Waals surface area contributed by atoms with E-state index in [9.17, 15) is 9.90 Å². The molecule has 0 spiro atoms. The zero-order valence-electron chi connectivity index (χ0n) is 13.6. The highest BCUT2D eigenvalue weighted by Gasteiger charge is 2.37. The maximum absolute atomic E-state index is 12.7. The van der Waals surface area contributed by atoms with E-state index in [1.807, 2.05) is 13.8 Å². The van der Waals surface area contributed by atoms with Crippen LogP contribution in [0.1, 0.15) is 47.6 Å². The number of aryl methyl sites for hydroxylation is 2. The van der Waals surface area contributed by atoms with Crippen molar-refractivity contribution in [1.82, 2.24) is 9.80 Å². The summed E-state index contributed by atoms with van der Waals surface area (Å²) < 4.78 is 5.47. The number of piperidine rings is 1. The van der Waals surface area contributed by atoms with Crippen LogP contribution in [0.25, 0.3) is 0 Å². The molecule has 1 unspecified atom stereocenters. The van der Waals surface area contributed by atoms with E-state index in [4.69, 9.17) is 4.42 Å². The second-order valence-electron chi connectivity index (χ2n) is 6.86. The van der Waals surface area contributed by atoms with Gasteiger partial charge in [0.2, 0.25) is 0 Å². The molecule has 3 rings (SSSR count). The summed E-state index contributed by atoms with van der Waals surface area (Å²) in [6, 6.07) is 1.80. The summed E-state index contributed by atoms with van der Waals surface area (Å²) in [5.41, 5.74) is -0.145. The number of nitrogens with zero attached hydrogens (tertiary/aromatic N) is 2. The number of aliphatic hydroxyl groups is 1. The zero-order chi connectivity index (χ0) is 15.7. The molecule has 2 saturated heterocycles. The Kier molecular flexibility index (Phi) is 4.28. The Morgan fingerprint density at radius 2 is 2.00 bits per heavy atom. The van der Waals surface area contributed by atoms with E-state index in [1.54, 1.807) is 11.0 Å². The third-order valence-electron chi connectivity index (χ3n) is 4.83. The summed E-state index contributed by atoms with van der Waals surface area (Å²) in [5.74, 6) is 1.40. The van der Waals surface area contributed by atoms with Crippen molar-refractivity contribution in [3.63, 3.8) is 0 Å². The zero-order valence-corrected chi connectivity index (χ0v) is 13.6. The second-order valence-corrected chi connectivity index (χ2v) is 6.86. The summed E-state index contributed by atoms with van der Waals surface area (Å²) in [7, 11) is 0. The first kappa shape index (κ1) is 15.6. The fraction of sp³-hybridized carbons (Fsp3) is 0.706. The van der Waals surface area contributed by atoms with Gasteiger partial charge in [-0.15, -0.1) is 0 Å². The van der Waals surface area contributed by atoms with E-state index in [2.05, 4.69) is 4.90 Å². The average molecular weight is 306 g/mol. The van der Waals surface area contributed by atoms with E-state index < -0.39 is 5.60 Å². The molecule has 3 heterocycles. The van der Waals surface area contributed by atoms with Crippen LogP contribution in [0.5, 0.6) is 0 Å². The minimum absolute atomic E-state index is 0.0195. The molecule has 0 aromatic carbocycles. The van der Waals surface area contributed by atoms with Gasteiger partial charge in [0.25, 0.3) is 5.91 Å². The Hall–Kier alpha value is -1.33. The lowest BCUT2D eigenvalue weighted by Crippen LogP contribution is -2.55. The number of carbonyl (C=O) groups is 1. The molecule has 1 atom stereocenters. The number of furan rings is 1. The van der Waals surface area contributed by atoms with Crippen LogP contribution in [-0.4, -0.2) is 59.1 Å². The van der Waals surface area contributed by atoms with Crippen LogP contribution in [0.3, 0.4) is 0 Å². The molecule has 5 heteroatoms. The van der Waals surface area contributed by atoms with Crippen molar-refractivity contribution in [1.29, 1.82) is 0 Å². The Morgan fingerprint density at radius 3 is 2.64 bits per heavy atom. The number of amides is 1. The fourth-order valence-electron chi connectivity index (χ4n) is 3.79. The van der Waals surface area contributed by atoms with Crippen molar-refractivity contribution in [3.05, 3.63) is 23.2 Å². The number of rotatable bonds is 3. The van der Waals surface area contributed by atoms with Gasteiger partial charge >= 0.3 is 0 Å². The van der Waals surface area contributed by atoms with Gasteiger partial charge in [0, 0.05) is 13.1 Å². The lowest BCUT2D eigenvalue weighted by atomic mass is 9.91. The highest BCUT2D eigenvalue weighted by Crippen LogP contribution is 2.26. The van der Waals surface area contributed by atoms with Gasteiger partial charge in [0.15, 0.2) is 0 Å². The molecule has 0 radical (unpaired) electrons. The van der Waals surface area contributed by atoms with Crippen molar-refractivity contribution < 1.29 is 14.3 Å². The number of carbonyl (C=O) groups excluding carboxylic acids is 1. The number of likely N-dealkylation sites (tertiary alicyclic amines) is 2. The summed E-state index contributed by atoms with van der Waals surface area (Å²) in [5, 5.41) is 10.9. The molecule has 0 aliphatic carbocycles. The minimum atomic E-state index is -0.773. The molecule has 0 saturated carbocycles. The molecule has 1 aromatic heterocycles. The SMILES string of the molecule is Cc1cc(C(=O)N2CCCC(O)(CN3CCCC3)C2)c(C)o1. The lowest BCUT2D eigenvalue weighted by Gasteiger charge is -2.41. The van der Waals surface area contributed by atoms with Crippen LogP contribution in [0.4, 0.5) is 0 Å². The van der Waals surface area contributed by atoms with E-state index in [0.717, 1.165) is 31.7 Å². The van der Waals surface area contributed by atoms with Gasteiger partial charge in [-0.3, -0.25) is 4.79 Å². The largest absolute Gasteiger partial charge is 0.466 e. The Bertz CT molecular complexity index is 548. The molecule has 1 amide bonds. The quantitative estimate of drug-likeness (QED) is 0.927. The summed E-state index contributed by atoms with van der Waals surface area (Å²) in [6.07, 6.45) is 4.06. The number of hydrogen-bond acceptors (Lipinski definition) is 4.